The predicted octanol–water partition coefficient (Wildman–Crippen LogP) is 1.29. The Hall–Kier alpha value is -0.320. The van der Waals surface area contributed by atoms with E-state index in [0.717, 1.165) is 19.5 Å². The van der Waals surface area contributed by atoms with Crippen LogP contribution in [0.3, 0.4) is 0 Å². The largest absolute Gasteiger partial charge is 0.380 e. The molecule has 0 unspecified atom stereocenters. The third kappa shape index (κ3) is 8.95. The van der Waals surface area contributed by atoms with Gasteiger partial charge >= 0.3 is 0 Å². The van der Waals surface area contributed by atoms with Crippen LogP contribution in [0.15, 0.2) is 0 Å². The summed E-state index contributed by atoms with van der Waals surface area (Å²) in [5.74, 6) is 0.229. The van der Waals surface area contributed by atoms with Crippen molar-refractivity contribution in [3.8, 4) is 0 Å². The van der Waals surface area contributed by atoms with Crippen LogP contribution in [0.2, 0.25) is 0 Å². The minimum absolute atomic E-state index is 0. The number of ether oxygens (including phenoxy) is 1. The molecule has 0 spiro atoms. The van der Waals surface area contributed by atoms with Crippen LogP contribution in [-0.4, -0.2) is 50.7 Å². The number of hydrogen-bond acceptors (Lipinski definition) is 3. The molecule has 98 valence electrons. The van der Waals surface area contributed by atoms with Crippen molar-refractivity contribution in [2.24, 2.45) is 0 Å². The Balaban J connectivity index is 0. The van der Waals surface area contributed by atoms with E-state index in [2.05, 4.69) is 5.32 Å². The molecule has 0 saturated heterocycles. The van der Waals surface area contributed by atoms with Crippen LogP contribution in [0.4, 0.5) is 0 Å². The molecule has 0 aliphatic rings. The molecule has 0 aliphatic carbocycles. The molecule has 16 heavy (non-hydrogen) atoms. The van der Waals surface area contributed by atoms with Gasteiger partial charge in [-0.25, -0.2) is 0 Å². The fourth-order valence-electron chi connectivity index (χ4n) is 1.35. The summed E-state index contributed by atoms with van der Waals surface area (Å²) in [5.41, 5.74) is 0. The van der Waals surface area contributed by atoms with Gasteiger partial charge in [0.05, 0.1) is 6.61 Å². The molecule has 4 nitrogen and oxygen atoms in total. The van der Waals surface area contributed by atoms with Gasteiger partial charge in [-0.2, -0.15) is 0 Å². The van der Waals surface area contributed by atoms with E-state index >= 15 is 0 Å². The smallest absolute Gasteiger partial charge is 0.222 e. The molecule has 1 amide bonds. The third-order valence-corrected chi connectivity index (χ3v) is 2.26. The van der Waals surface area contributed by atoms with E-state index in [0.29, 0.717) is 26.2 Å². The zero-order valence-corrected chi connectivity index (χ0v) is 11.4. The SMILES string of the molecule is CCOCCN(CC)C(=O)CCCNC.Cl. The van der Waals surface area contributed by atoms with Crippen LogP contribution in [0.1, 0.15) is 26.7 Å². The first kappa shape index (κ1) is 18.1. The van der Waals surface area contributed by atoms with Gasteiger partial charge in [0.15, 0.2) is 0 Å². The van der Waals surface area contributed by atoms with Crippen LogP contribution in [-0.2, 0) is 9.53 Å². The summed E-state index contributed by atoms with van der Waals surface area (Å²) in [6.45, 7) is 7.70. The van der Waals surface area contributed by atoms with Crippen LogP contribution < -0.4 is 5.32 Å². The van der Waals surface area contributed by atoms with Crippen molar-refractivity contribution < 1.29 is 9.53 Å². The lowest BCUT2D eigenvalue weighted by Crippen LogP contribution is -2.34. The number of nitrogens with zero attached hydrogens (tertiary/aromatic N) is 1. The lowest BCUT2D eigenvalue weighted by molar-refractivity contribution is -0.131. The average molecular weight is 253 g/mol. The first-order valence-electron chi connectivity index (χ1n) is 5.76. The minimum atomic E-state index is 0. The van der Waals surface area contributed by atoms with Crippen LogP contribution >= 0.6 is 12.4 Å². The Morgan fingerprint density at radius 2 is 2.06 bits per heavy atom. The Morgan fingerprint density at radius 1 is 1.38 bits per heavy atom. The molecule has 0 heterocycles. The quantitative estimate of drug-likeness (QED) is 0.629. The number of carbonyl (C=O) groups is 1. The highest BCUT2D eigenvalue weighted by Crippen LogP contribution is 1.97. The molecule has 0 radical (unpaired) electrons. The maximum atomic E-state index is 11.7. The lowest BCUT2D eigenvalue weighted by atomic mass is 10.2. The fourth-order valence-corrected chi connectivity index (χ4v) is 1.35. The number of halogens is 1. The van der Waals surface area contributed by atoms with Crippen LogP contribution in [0.5, 0.6) is 0 Å². The Labute approximate surface area is 105 Å². The molecule has 0 atom stereocenters. The van der Waals surface area contributed by atoms with Gasteiger partial charge < -0.3 is 15.0 Å². The number of rotatable bonds is 9. The standard InChI is InChI=1S/C11H24N2O2.ClH/c1-4-13(9-10-15-5-2)11(14)7-6-8-12-3;/h12H,4-10H2,1-3H3;1H. The first-order chi connectivity index (χ1) is 7.26. The van der Waals surface area contributed by atoms with Crippen molar-refractivity contribution in [3.63, 3.8) is 0 Å². The highest BCUT2D eigenvalue weighted by atomic mass is 35.5. The second-order valence-electron chi connectivity index (χ2n) is 3.38. The Kier molecular flexibility index (Phi) is 14.4. The van der Waals surface area contributed by atoms with Gasteiger partial charge in [-0.05, 0) is 33.9 Å². The maximum Gasteiger partial charge on any atom is 0.222 e. The van der Waals surface area contributed by atoms with Crippen molar-refractivity contribution in [1.29, 1.82) is 0 Å². The maximum absolute atomic E-state index is 11.7. The summed E-state index contributed by atoms with van der Waals surface area (Å²) in [7, 11) is 1.90. The summed E-state index contributed by atoms with van der Waals surface area (Å²) in [4.78, 5) is 13.5. The van der Waals surface area contributed by atoms with E-state index in [9.17, 15) is 4.79 Å². The number of likely N-dealkylation sites (N-methyl/N-ethyl adjacent to an activating group) is 1. The first-order valence-corrected chi connectivity index (χ1v) is 5.76. The van der Waals surface area contributed by atoms with E-state index in [-0.39, 0.29) is 18.3 Å². The van der Waals surface area contributed by atoms with E-state index < -0.39 is 0 Å². The van der Waals surface area contributed by atoms with Crippen molar-refractivity contribution >= 4 is 18.3 Å². The summed E-state index contributed by atoms with van der Waals surface area (Å²) in [5, 5.41) is 3.04. The van der Waals surface area contributed by atoms with Crippen molar-refractivity contribution in [1.82, 2.24) is 10.2 Å². The monoisotopic (exact) mass is 252 g/mol. The molecule has 1 N–H and O–H groups in total. The third-order valence-electron chi connectivity index (χ3n) is 2.26. The van der Waals surface area contributed by atoms with Crippen LogP contribution in [0.25, 0.3) is 0 Å². The minimum Gasteiger partial charge on any atom is -0.380 e. The molecular formula is C11H25ClN2O2. The lowest BCUT2D eigenvalue weighted by Gasteiger charge is -2.20. The highest BCUT2D eigenvalue weighted by molar-refractivity contribution is 5.85. The van der Waals surface area contributed by atoms with Crippen molar-refractivity contribution in [3.05, 3.63) is 0 Å². The van der Waals surface area contributed by atoms with Crippen molar-refractivity contribution in [2.75, 3.05) is 39.9 Å². The highest BCUT2D eigenvalue weighted by Gasteiger charge is 2.09. The van der Waals surface area contributed by atoms with Gasteiger partial charge in [0.1, 0.15) is 0 Å². The topological polar surface area (TPSA) is 41.6 Å². The molecule has 0 aliphatic heterocycles. The molecule has 0 bridgehead atoms. The number of carbonyl (C=O) groups excluding carboxylic acids is 1. The Bertz CT molecular complexity index is 168. The molecule has 5 heteroatoms. The van der Waals surface area contributed by atoms with Gasteiger partial charge in [0, 0.05) is 26.1 Å². The van der Waals surface area contributed by atoms with E-state index in [1.54, 1.807) is 0 Å². The molecule has 0 aromatic carbocycles. The number of hydrogen-bond donors (Lipinski definition) is 1. The Morgan fingerprint density at radius 3 is 2.56 bits per heavy atom. The second kappa shape index (κ2) is 12.7. The van der Waals surface area contributed by atoms with Crippen molar-refractivity contribution in [2.45, 2.75) is 26.7 Å². The summed E-state index contributed by atoms with van der Waals surface area (Å²) in [6.07, 6.45) is 1.53. The average Bonchev–Trinajstić information content (AvgIpc) is 2.24. The van der Waals surface area contributed by atoms with Gasteiger partial charge in [-0.3, -0.25) is 4.79 Å². The zero-order valence-electron chi connectivity index (χ0n) is 10.6. The molecule has 0 saturated carbocycles. The van der Waals surface area contributed by atoms with Gasteiger partial charge in [0.25, 0.3) is 0 Å². The van der Waals surface area contributed by atoms with E-state index in [1.807, 2.05) is 25.8 Å². The molecule has 0 aromatic heterocycles. The van der Waals surface area contributed by atoms with Gasteiger partial charge in [0.2, 0.25) is 5.91 Å². The summed E-state index contributed by atoms with van der Waals surface area (Å²) >= 11 is 0. The van der Waals surface area contributed by atoms with E-state index in [4.69, 9.17) is 4.74 Å². The van der Waals surface area contributed by atoms with Crippen LogP contribution in [0, 0.1) is 0 Å². The molecule has 0 fully saturated rings. The molecular weight excluding hydrogens is 228 g/mol. The predicted molar refractivity (Wildman–Crippen MR) is 69.2 cm³/mol. The van der Waals surface area contributed by atoms with Gasteiger partial charge in [-0.1, -0.05) is 0 Å². The van der Waals surface area contributed by atoms with Gasteiger partial charge in [-0.15, -0.1) is 12.4 Å². The molecule has 0 rings (SSSR count). The summed E-state index contributed by atoms with van der Waals surface area (Å²) < 4.78 is 5.24. The number of amides is 1. The van der Waals surface area contributed by atoms with E-state index in [1.165, 1.54) is 0 Å². The molecule has 0 aromatic rings. The second-order valence-corrected chi connectivity index (χ2v) is 3.38. The number of nitrogens with one attached hydrogen (secondary N) is 1. The summed E-state index contributed by atoms with van der Waals surface area (Å²) in [6, 6.07) is 0. The fraction of sp³-hybridized carbons (Fsp3) is 0.909. The normalized spacial score (nSPS) is 9.69. The zero-order chi connectivity index (χ0) is 11.5.